The van der Waals surface area contributed by atoms with Gasteiger partial charge in [0.15, 0.2) is 0 Å². The summed E-state index contributed by atoms with van der Waals surface area (Å²) in [6.45, 7) is 2.96. The predicted octanol–water partition coefficient (Wildman–Crippen LogP) is 2.40. The maximum atomic E-state index is 8.80. The topological polar surface area (TPSA) is 58.7 Å². The van der Waals surface area contributed by atoms with Gasteiger partial charge in [-0.3, -0.25) is 0 Å². The van der Waals surface area contributed by atoms with E-state index in [0.717, 1.165) is 56.6 Å². The zero-order valence-corrected chi connectivity index (χ0v) is 12.6. The van der Waals surface area contributed by atoms with Crippen LogP contribution >= 0.6 is 0 Å². The van der Waals surface area contributed by atoms with E-state index in [1.54, 1.807) is 7.11 Å². The summed E-state index contributed by atoms with van der Waals surface area (Å²) in [5.41, 5.74) is 6.78. The van der Waals surface area contributed by atoms with Crippen LogP contribution in [0, 0.1) is 0 Å². The average Bonchev–Trinajstić information content (AvgIpc) is 2.50. The molecule has 0 aliphatic rings. The van der Waals surface area contributed by atoms with E-state index in [-0.39, 0.29) is 0 Å². The predicted molar refractivity (Wildman–Crippen MR) is 84.4 cm³/mol. The Labute approximate surface area is 122 Å². The van der Waals surface area contributed by atoms with Gasteiger partial charge in [-0.25, -0.2) is 0 Å². The van der Waals surface area contributed by atoms with Crippen LogP contribution in [0.3, 0.4) is 0 Å². The fraction of sp³-hybridized carbons (Fsp3) is 0.625. The van der Waals surface area contributed by atoms with Crippen LogP contribution in [0.2, 0.25) is 0 Å². The smallest absolute Gasteiger partial charge is 0.142 e. The minimum absolute atomic E-state index is 0.295. The van der Waals surface area contributed by atoms with Crippen molar-refractivity contribution in [2.24, 2.45) is 5.73 Å². The van der Waals surface area contributed by atoms with E-state index >= 15 is 0 Å². The molecule has 0 atom stereocenters. The van der Waals surface area contributed by atoms with Gasteiger partial charge in [-0.1, -0.05) is 25.0 Å². The minimum atomic E-state index is 0.295. The van der Waals surface area contributed by atoms with Crippen molar-refractivity contribution in [3.63, 3.8) is 0 Å². The second-order valence-electron chi connectivity index (χ2n) is 4.94. The summed E-state index contributed by atoms with van der Waals surface area (Å²) in [5, 5.41) is 8.80. The van der Waals surface area contributed by atoms with E-state index in [2.05, 4.69) is 11.0 Å². The first kappa shape index (κ1) is 16.8. The van der Waals surface area contributed by atoms with E-state index in [9.17, 15) is 0 Å². The highest BCUT2D eigenvalue weighted by molar-refractivity contribution is 5.58. The fourth-order valence-electron chi connectivity index (χ4n) is 2.29. The van der Waals surface area contributed by atoms with Gasteiger partial charge in [0.1, 0.15) is 5.75 Å². The SMILES string of the molecule is COc1ccccc1N(CCCN)CCCCCCO. The lowest BCUT2D eigenvalue weighted by molar-refractivity contribution is 0.282. The van der Waals surface area contributed by atoms with Crippen molar-refractivity contribution >= 4 is 5.69 Å². The van der Waals surface area contributed by atoms with Crippen LogP contribution in [0.15, 0.2) is 24.3 Å². The number of aliphatic hydroxyl groups excluding tert-OH is 1. The van der Waals surface area contributed by atoms with Crippen LogP contribution < -0.4 is 15.4 Å². The molecule has 0 heterocycles. The van der Waals surface area contributed by atoms with Crippen LogP contribution in [0.4, 0.5) is 5.69 Å². The molecule has 0 unspecified atom stereocenters. The molecule has 0 saturated carbocycles. The van der Waals surface area contributed by atoms with Gasteiger partial charge in [-0.15, -0.1) is 0 Å². The van der Waals surface area contributed by atoms with Gasteiger partial charge >= 0.3 is 0 Å². The fourth-order valence-corrected chi connectivity index (χ4v) is 2.29. The Morgan fingerprint density at radius 3 is 2.45 bits per heavy atom. The minimum Gasteiger partial charge on any atom is -0.495 e. The van der Waals surface area contributed by atoms with Crippen molar-refractivity contribution in [2.45, 2.75) is 32.1 Å². The number of unbranched alkanes of at least 4 members (excludes halogenated alkanes) is 3. The maximum absolute atomic E-state index is 8.80. The van der Waals surface area contributed by atoms with Gasteiger partial charge in [0.25, 0.3) is 0 Å². The molecule has 0 aromatic heterocycles. The molecule has 20 heavy (non-hydrogen) atoms. The zero-order chi connectivity index (χ0) is 14.6. The van der Waals surface area contributed by atoms with E-state index in [1.807, 2.05) is 18.2 Å². The van der Waals surface area contributed by atoms with Gasteiger partial charge in [0.2, 0.25) is 0 Å². The summed E-state index contributed by atoms with van der Waals surface area (Å²) < 4.78 is 5.45. The average molecular weight is 280 g/mol. The van der Waals surface area contributed by atoms with Crippen molar-refractivity contribution in [3.05, 3.63) is 24.3 Å². The Hall–Kier alpha value is -1.26. The van der Waals surface area contributed by atoms with Crippen molar-refractivity contribution in [1.82, 2.24) is 0 Å². The monoisotopic (exact) mass is 280 g/mol. The molecular weight excluding hydrogens is 252 g/mol. The van der Waals surface area contributed by atoms with E-state index in [1.165, 1.54) is 0 Å². The lowest BCUT2D eigenvalue weighted by Crippen LogP contribution is -2.27. The van der Waals surface area contributed by atoms with Crippen LogP contribution in [0.1, 0.15) is 32.1 Å². The number of ether oxygens (including phenoxy) is 1. The molecule has 0 fully saturated rings. The van der Waals surface area contributed by atoms with E-state index < -0.39 is 0 Å². The van der Waals surface area contributed by atoms with E-state index in [4.69, 9.17) is 15.6 Å². The highest BCUT2D eigenvalue weighted by Gasteiger charge is 2.10. The molecule has 1 rings (SSSR count). The van der Waals surface area contributed by atoms with Crippen molar-refractivity contribution < 1.29 is 9.84 Å². The molecule has 4 nitrogen and oxygen atoms in total. The molecule has 0 aliphatic carbocycles. The second kappa shape index (κ2) is 10.5. The number of hydrogen-bond acceptors (Lipinski definition) is 4. The molecular formula is C16H28N2O2. The maximum Gasteiger partial charge on any atom is 0.142 e. The Balaban J connectivity index is 2.58. The molecule has 0 amide bonds. The molecule has 0 saturated heterocycles. The molecule has 0 bridgehead atoms. The highest BCUT2D eigenvalue weighted by atomic mass is 16.5. The van der Waals surface area contributed by atoms with Gasteiger partial charge in [-0.05, 0) is 37.9 Å². The third-order valence-corrected chi connectivity index (χ3v) is 3.39. The van der Waals surface area contributed by atoms with Crippen molar-refractivity contribution in [3.8, 4) is 5.75 Å². The number of aliphatic hydroxyl groups is 1. The van der Waals surface area contributed by atoms with Crippen LogP contribution in [0.25, 0.3) is 0 Å². The number of methoxy groups -OCH3 is 1. The Bertz CT molecular complexity index is 358. The van der Waals surface area contributed by atoms with Gasteiger partial charge < -0.3 is 20.5 Å². The molecule has 0 spiro atoms. The first-order valence-electron chi connectivity index (χ1n) is 7.52. The molecule has 3 N–H and O–H groups in total. The van der Waals surface area contributed by atoms with Crippen molar-refractivity contribution in [2.75, 3.05) is 38.3 Å². The summed E-state index contributed by atoms with van der Waals surface area (Å²) in [5.74, 6) is 0.917. The number of hydrogen-bond donors (Lipinski definition) is 2. The normalized spacial score (nSPS) is 10.6. The lowest BCUT2D eigenvalue weighted by Gasteiger charge is -2.26. The third-order valence-electron chi connectivity index (χ3n) is 3.39. The summed E-state index contributed by atoms with van der Waals surface area (Å²) in [7, 11) is 1.71. The molecule has 0 radical (unpaired) electrons. The largest absolute Gasteiger partial charge is 0.495 e. The van der Waals surface area contributed by atoms with E-state index in [0.29, 0.717) is 13.2 Å². The number of anilines is 1. The molecule has 114 valence electrons. The zero-order valence-electron chi connectivity index (χ0n) is 12.6. The Kier molecular flexibility index (Phi) is 8.83. The second-order valence-corrected chi connectivity index (χ2v) is 4.94. The molecule has 0 aliphatic heterocycles. The lowest BCUT2D eigenvalue weighted by atomic mass is 10.1. The first-order chi connectivity index (χ1) is 9.83. The van der Waals surface area contributed by atoms with Crippen molar-refractivity contribution in [1.29, 1.82) is 0 Å². The Morgan fingerprint density at radius 1 is 1.05 bits per heavy atom. The molecule has 1 aromatic rings. The standard InChI is InChI=1S/C16H28N2O2/c1-20-16-10-5-4-9-15(16)18(13-8-11-17)12-6-2-3-7-14-19/h4-5,9-10,19H,2-3,6-8,11-14,17H2,1H3. The Morgan fingerprint density at radius 2 is 1.75 bits per heavy atom. The number of para-hydroxylation sites is 2. The summed E-state index contributed by atoms with van der Waals surface area (Å²) >= 11 is 0. The number of nitrogens with two attached hydrogens (primary N) is 1. The van der Waals surface area contributed by atoms with Crippen LogP contribution in [0.5, 0.6) is 5.75 Å². The van der Waals surface area contributed by atoms with Crippen LogP contribution in [-0.4, -0.2) is 38.5 Å². The summed E-state index contributed by atoms with van der Waals surface area (Å²) in [6, 6.07) is 8.13. The third kappa shape index (κ3) is 5.80. The number of nitrogens with zero attached hydrogens (tertiary/aromatic N) is 1. The quantitative estimate of drug-likeness (QED) is 0.611. The van der Waals surface area contributed by atoms with Gasteiger partial charge in [-0.2, -0.15) is 0 Å². The van der Waals surface area contributed by atoms with Crippen LogP contribution in [-0.2, 0) is 0 Å². The van der Waals surface area contributed by atoms with Gasteiger partial charge in [0, 0.05) is 19.7 Å². The number of rotatable bonds is 11. The molecule has 4 heteroatoms. The summed E-state index contributed by atoms with van der Waals surface area (Å²) in [4.78, 5) is 2.35. The van der Waals surface area contributed by atoms with Gasteiger partial charge in [0.05, 0.1) is 12.8 Å². The summed E-state index contributed by atoms with van der Waals surface area (Å²) in [6.07, 6.45) is 5.25. The first-order valence-corrected chi connectivity index (χ1v) is 7.52. The molecule has 1 aromatic carbocycles. The number of benzene rings is 1. The highest BCUT2D eigenvalue weighted by Crippen LogP contribution is 2.28.